The van der Waals surface area contributed by atoms with Gasteiger partial charge in [-0.3, -0.25) is 10.2 Å². The summed E-state index contributed by atoms with van der Waals surface area (Å²) in [4.78, 5) is 23.6. The molecule has 0 fully saturated rings. The molecule has 0 aromatic heterocycles. The van der Waals surface area contributed by atoms with E-state index in [0.29, 0.717) is 17.7 Å². The summed E-state index contributed by atoms with van der Waals surface area (Å²) in [5, 5.41) is 19.9. The lowest BCUT2D eigenvalue weighted by Crippen LogP contribution is -2.33. The van der Waals surface area contributed by atoms with Gasteiger partial charge in [-0.15, -0.1) is 0 Å². The number of nitrogens with one attached hydrogen (secondary N) is 2. The largest absolute Gasteiger partial charge is 0.479 e. The van der Waals surface area contributed by atoms with Gasteiger partial charge in [0.15, 0.2) is 6.04 Å². The molecule has 0 saturated carbocycles. The van der Waals surface area contributed by atoms with Crippen LogP contribution < -0.4 is 16.8 Å². The van der Waals surface area contributed by atoms with Gasteiger partial charge in [-0.05, 0) is 35.4 Å². The van der Waals surface area contributed by atoms with Gasteiger partial charge in [0.1, 0.15) is 5.84 Å². The van der Waals surface area contributed by atoms with E-state index in [1.54, 1.807) is 42.5 Å². The number of nitrogen functional groups attached to an aromatic ring is 1. The summed E-state index contributed by atoms with van der Waals surface area (Å²) in [6, 6.07) is 21.0. The summed E-state index contributed by atoms with van der Waals surface area (Å²) in [5.74, 6) is -1.85. The van der Waals surface area contributed by atoms with E-state index in [4.69, 9.17) is 28.5 Å². The number of carbonyl (C=O) groups is 2. The summed E-state index contributed by atoms with van der Waals surface area (Å²) >= 11 is 5.63. The average molecular weight is 439 g/mol. The lowest BCUT2D eigenvalue weighted by atomic mass is 10.1. The van der Waals surface area contributed by atoms with Crippen molar-refractivity contribution in [3.63, 3.8) is 0 Å². The first kappa shape index (κ1) is 23.6. The summed E-state index contributed by atoms with van der Waals surface area (Å²) < 4.78 is 0. The van der Waals surface area contributed by atoms with Gasteiger partial charge < -0.3 is 21.9 Å². The Bertz CT molecular complexity index is 1040. The zero-order valence-electron chi connectivity index (χ0n) is 16.6. The molecular formula is C23H23ClN4O3. The molecule has 0 bridgehead atoms. The van der Waals surface area contributed by atoms with Crippen molar-refractivity contribution < 1.29 is 14.7 Å². The van der Waals surface area contributed by atoms with Crippen LogP contribution in [-0.2, 0) is 11.3 Å². The van der Waals surface area contributed by atoms with Crippen molar-refractivity contribution in [2.75, 3.05) is 0 Å². The fourth-order valence-electron chi connectivity index (χ4n) is 2.60. The smallest absolute Gasteiger partial charge is 0.330 e. The molecular weight excluding hydrogens is 416 g/mol. The molecule has 1 amide bonds. The minimum Gasteiger partial charge on any atom is -0.479 e. The lowest BCUT2D eigenvalue weighted by molar-refractivity contribution is -0.139. The van der Waals surface area contributed by atoms with Gasteiger partial charge in [0.05, 0.1) is 0 Å². The third-order valence-electron chi connectivity index (χ3n) is 4.24. The number of amides is 1. The van der Waals surface area contributed by atoms with Crippen LogP contribution in [-0.4, -0.2) is 22.8 Å². The van der Waals surface area contributed by atoms with Crippen LogP contribution in [0.1, 0.15) is 33.1 Å². The first-order valence-corrected chi connectivity index (χ1v) is 9.67. The molecule has 3 aromatic carbocycles. The zero-order chi connectivity index (χ0) is 22.8. The zero-order valence-corrected chi connectivity index (χ0v) is 17.3. The highest BCUT2D eigenvalue weighted by Gasteiger charge is 2.22. The van der Waals surface area contributed by atoms with Crippen LogP contribution in [0.5, 0.6) is 0 Å². The van der Waals surface area contributed by atoms with E-state index < -0.39 is 17.9 Å². The Morgan fingerprint density at radius 3 is 2.13 bits per heavy atom. The van der Waals surface area contributed by atoms with Gasteiger partial charge >= 0.3 is 5.97 Å². The van der Waals surface area contributed by atoms with Crippen molar-refractivity contribution in [1.29, 1.82) is 5.41 Å². The number of hydrogen-bond donors (Lipinski definition) is 5. The first-order chi connectivity index (χ1) is 14.8. The molecule has 3 rings (SSSR count). The van der Waals surface area contributed by atoms with Gasteiger partial charge in [-0.25, -0.2) is 4.79 Å². The molecule has 3 aromatic rings. The number of carboxylic acid groups (broad SMARTS) is 1. The van der Waals surface area contributed by atoms with Crippen molar-refractivity contribution in [2.45, 2.75) is 12.6 Å². The van der Waals surface area contributed by atoms with Gasteiger partial charge in [-0.2, -0.15) is 0 Å². The molecule has 0 saturated heterocycles. The van der Waals surface area contributed by atoms with Gasteiger partial charge in [-0.1, -0.05) is 66.2 Å². The normalized spacial score (nSPS) is 10.9. The van der Waals surface area contributed by atoms with Crippen molar-refractivity contribution in [3.8, 4) is 0 Å². The molecule has 1 atom stereocenters. The number of nitrogens with two attached hydrogens (primary N) is 2. The van der Waals surface area contributed by atoms with E-state index in [2.05, 4.69) is 5.32 Å². The average Bonchev–Trinajstić information content (AvgIpc) is 2.78. The predicted molar refractivity (Wildman–Crippen MR) is 121 cm³/mol. The molecule has 31 heavy (non-hydrogen) atoms. The molecule has 0 radical (unpaired) electrons. The summed E-state index contributed by atoms with van der Waals surface area (Å²) in [5.41, 5.74) is 13.0. The number of rotatable bonds is 6. The Kier molecular flexibility index (Phi) is 8.75. The number of hydrogen-bond acceptors (Lipinski definition) is 4. The Labute approximate surface area is 185 Å². The first-order valence-electron chi connectivity index (χ1n) is 9.29. The van der Waals surface area contributed by atoms with Crippen molar-refractivity contribution in [2.24, 2.45) is 11.5 Å². The van der Waals surface area contributed by atoms with E-state index >= 15 is 0 Å². The number of amidine groups is 1. The maximum atomic E-state index is 12.2. The summed E-state index contributed by atoms with van der Waals surface area (Å²) in [6.07, 6.45) is 0. The molecule has 0 aliphatic heterocycles. The minimum absolute atomic E-state index is 0.160. The molecule has 0 aliphatic carbocycles. The molecule has 8 heteroatoms. The molecule has 7 nitrogen and oxygen atoms in total. The van der Waals surface area contributed by atoms with Crippen LogP contribution >= 0.6 is 11.6 Å². The maximum absolute atomic E-state index is 12.2. The van der Waals surface area contributed by atoms with Crippen LogP contribution in [0, 0.1) is 5.41 Å². The Hall–Kier alpha value is -3.68. The van der Waals surface area contributed by atoms with Crippen molar-refractivity contribution in [3.05, 3.63) is 106 Å². The predicted octanol–water partition coefficient (Wildman–Crippen LogP) is 3.33. The van der Waals surface area contributed by atoms with E-state index in [1.807, 2.05) is 24.3 Å². The van der Waals surface area contributed by atoms with Gasteiger partial charge in [0, 0.05) is 22.7 Å². The van der Waals surface area contributed by atoms with Crippen molar-refractivity contribution >= 4 is 29.3 Å². The van der Waals surface area contributed by atoms with Crippen LogP contribution in [0.2, 0.25) is 5.02 Å². The highest BCUT2D eigenvalue weighted by Crippen LogP contribution is 2.14. The van der Waals surface area contributed by atoms with Crippen molar-refractivity contribution in [1.82, 2.24) is 5.32 Å². The molecule has 0 unspecified atom stereocenters. The third kappa shape index (κ3) is 7.26. The van der Waals surface area contributed by atoms with E-state index in [1.165, 1.54) is 12.1 Å². The third-order valence-corrected chi connectivity index (χ3v) is 4.49. The van der Waals surface area contributed by atoms with Crippen LogP contribution in [0.25, 0.3) is 0 Å². The fourth-order valence-corrected chi connectivity index (χ4v) is 2.72. The fraction of sp³-hybridized carbons (Fsp3) is 0.0870. The standard InChI is InChI=1S/C16H15N3O3.C7H8ClN/c17-14(18)11-7-4-8-12(9-11)15(20)19-13(16(21)22)10-5-2-1-3-6-10;8-7-3-1-6(5-9)2-4-7/h1-9,13H,(H3,17,18)(H,19,20)(H,21,22);1-4H,5,9H2/t13-;/m1./s1. The monoisotopic (exact) mass is 438 g/mol. The highest BCUT2D eigenvalue weighted by molar-refractivity contribution is 6.30. The molecule has 0 spiro atoms. The number of aliphatic carboxylic acids is 1. The molecule has 7 N–H and O–H groups in total. The molecule has 0 aliphatic rings. The van der Waals surface area contributed by atoms with E-state index in [0.717, 1.165) is 10.6 Å². The minimum atomic E-state index is -1.15. The molecule has 160 valence electrons. The van der Waals surface area contributed by atoms with Gasteiger partial charge in [0.25, 0.3) is 5.91 Å². The second kappa shape index (κ2) is 11.5. The second-order valence-corrected chi connectivity index (χ2v) is 6.92. The Morgan fingerprint density at radius 1 is 0.968 bits per heavy atom. The molecule has 0 heterocycles. The SMILES string of the molecule is N=C(N)c1cccc(C(=O)N[C@@H](C(=O)O)c2ccccc2)c1.NCc1ccc(Cl)cc1. The van der Waals surface area contributed by atoms with Crippen LogP contribution in [0.15, 0.2) is 78.9 Å². The lowest BCUT2D eigenvalue weighted by Gasteiger charge is -2.15. The van der Waals surface area contributed by atoms with E-state index in [-0.39, 0.29) is 11.4 Å². The van der Waals surface area contributed by atoms with Crippen LogP contribution in [0.4, 0.5) is 0 Å². The van der Waals surface area contributed by atoms with E-state index in [9.17, 15) is 14.7 Å². The topological polar surface area (TPSA) is 142 Å². The Morgan fingerprint density at radius 2 is 1.58 bits per heavy atom. The maximum Gasteiger partial charge on any atom is 0.330 e. The Balaban J connectivity index is 0.000000316. The highest BCUT2D eigenvalue weighted by atomic mass is 35.5. The second-order valence-electron chi connectivity index (χ2n) is 6.48. The number of benzene rings is 3. The van der Waals surface area contributed by atoms with Gasteiger partial charge in [0.2, 0.25) is 0 Å². The summed E-state index contributed by atoms with van der Waals surface area (Å²) in [7, 11) is 0. The van der Waals surface area contributed by atoms with Crippen LogP contribution in [0.3, 0.4) is 0 Å². The summed E-state index contributed by atoms with van der Waals surface area (Å²) in [6.45, 7) is 0.581. The quantitative estimate of drug-likeness (QED) is 0.296. The number of halogens is 1. The number of carbonyl (C=O) groups excluding carboxylic acids is 1. The number of carboxylic acids is 1.